The van der Waals surface area contributed by atoms with Crippen molar-refractivity contribution in [1.29, 1.82) is 0 Å². The molecule has 4 heteroatoms. The van der Waals surface area contributed by atoms with Crippen molar-refractivity contribution in [1.82, 2.24) is 10.2 Å². The summed E-state index contributed by atoms with van der Waals surface area (Å²) in [7, 11) is 1.64. The SMILES string of the molecule is COCCNC(=O)CN1CCCC[C@@H]1C. The van der Waals surface area contributed by atoms with E-state index < -0.39 is 0 Å². The Balaban J connectivity index is 2.18. The highest BCUT2D eigenvalue weighted by molar-refractivity contribution is 5.78. The molecule has 1 atom stereocenters. The van der Waals surface area contributed by atoms with Gasteiger partial charge in [0, 0.05) is 19.7 Å². The number of nitrogens with zero attached hydrogens (tertiary/aromatic N) is 1. The quantitative estimate of drug-likeness (QED) is 0.682. The third kappa shape index (κ3) is 4.62. The van der Waals surface area contributed by atoms with Crippen LogP contribution in [0.25, 0.3) is 0 Å². The van der Waals surface area contributed by atoms with Crippen molar-refractivity contribution in [2.45, 2.75) is 32.2 Å². The van der Waals surface area contributed by atoms with Gasteiger partial charge in [0.2, 0.25) is 5.91 Å². The third-order valence-electron chi connectivity index (χ3n) is 2.92. The fraction of sp³-hybridized carbons (Fsp3) is 0.909. The summed E-state index contributed by atoms with van der Waals surface area (Å²) >= 11 is 0. The van der Waals surface area contributed by atoms with Crippen LogP contribution in [-0.2, 0) is 9.53 Å². The molecule has 0 aliphatic carbocycles. The van der Waals surface area contributed by atoms with Gasteiger partial charge in [-0.05, 0) is 26.3 Å². The molecule has 1 amide bonds. The number of methoxy groups -OCH3 is 1. The van der Waals surface area contributed by atoms with E-state index in [0.29, 0.717) is 25.7 Å². The molecule has 1 aliphatic heterocycles. The zero-order valence-electron chi connectivity index (χ0n) is 9.79. The van der Waals surface area contributed by atoms with Crippen LogP contribution in [0.3, 0.4) is 0 Å². The van der Waals surface area contributed by atoms with Crippen LogP contribution in [0.2, 0.25) is 0 Å². The van der Waals surface area contributed by atoms with Gasteiger partial charge in [-0.15, -0.1) is 0 Å². The minimum absolute atomic E-state index is 0.112. The van der Waals surface area contributed by atoms with Gasteiger partial charge in [-0.3, -0.25) is 9.69 Å². The van der Waals surface area contributed by atoms with Crippen LogP contribution in [0.4, 0.5) is 0 Å². The summed E-state index contributed by atoms with van der Waals surface area (Å²) in [6.45, 7) is 4.98. The molecule has 1 rings (SSSR count). The van der Waals surface area contributed by atoms with Crippen molar-refractivity contribution in [2.75, 3.05) is 33.4 Å². The first-order valence-electron chi connectivity index (χ1n) is 5.73. The number of amides is 1. The second-order valence-electron chi connectivity index (χ2n) is 4.16. The van der Waals surface area contributed by atoms with Gasteiger partial charge in [0.25, 0.3) is 0 Å². The summed E-state index contributed by atoms with van der Waals surface area (Å²) in [5, 5.41) is 2.85. The van der Waals surface area contributed by atoms with Gasteiger partial charge in [-0.1, -0.05) is 6.42 Å². The Hall–Kier alpha value is -0.610. The molecule has 1 saturated heterocycles. The largest absolute Gasteiger partial charge is 0.383 e. The van der Waals surface area contributed by atoms with Crippen LogP contribution in [0.1, 0.15) is 26.2 Å². The van der Waals surface area contributed by atoms with Crippen LogP contribution in [0.5, 0.6) is 0 Å². The number of hydrogen-bond donors (Lipinski definition) is 1. The summed E-state index contributed by atoms with van der Waals surface area (Å²) < 4.78 is 4.88. The Kier molecular flexibility index (Phi) is 5.65. The fourth-order valence-corrected chi connectivity index (χ4v) is 1.93. The standard InChI is InChI=1S/C11H22N2O2/c1-10-5-3-4-7-13(10)9-11(14)12-6-8-15-2/h10H,3-9H2,1-2H3,(H,12,14)/t10-/m0/s1. The monoisotopic (exact) mass is 214 g/mol. The van der Waals surface area contributed by atoms with E-state index in [9.17, 15) is 4.79 Å². The molecular weight excluding hydrogens is 192 g/mol. The second-order valence-corrected chi connectivity index (χ2v) is 4.16. The van der Waals surface area contributed by atoms with Gasteiger partial charge >= 0.3 is 0 Å². The van der Waals surface area contributed by atoms with E-state index in [1.165, 1.54) is 19.3 Å². The summed E-state index contributed by atoms with van der Waals surface area (Å²) in [6.07, 6.45) is 3.73. The van der Waals surface area contributed by atoms with Crippen molar-refractivity contribution in [3.05, 3.63) is 0 Å². The molecule has 4 nitrogen and oxygen atoms in total. The highest BCUT2D eigenvalue weighted by Crippen LogP contribution is 2.15. The van der Waals surface area contributed by atoms with E-state index in [0.717, 1.165) is 6.54 Å². The number of piperidine rings is 1. The van der Waals surface area contributed by atoms with E-state index in [-0.39, 0.29) is 5.91 Å². The molecule has 1 fully saturated rings. The van der Waals surface area contributed by atoms with Gasteiger partial charge in [-0.2, -0.15) is 0 Å². The fourth-order valence-electron chi connectivity index (χ4n) is 1.93. The normalized spacial score (nSPS) is 22.7. The number of carbonyl (C=O) groups excluding carboxylic acids is 1. The molecule has 0 spiro atoms. The van der Waals surface area contributed by atoms with Gasteiger partial charge in [0.15, 0.2) is 0 Å². The molecule has 88 valence electrons. The van der Waals surface area contributed by atoms with Crippen molar-refractivity contribution >= 4 is 5.91 Å². The zero-order valence-corrected chi connectivity index (χ0v) is 9.79. The summed E-state index contributed by atoms with van der Waals surface area (Å²) in [6, 6.07) is 0.548. The van der Waals surface area contributed by atoms with Crippen LogP contribution < -0.4 is 5.32 Å². The molecule has 0 unspecified atom stereocenters. The van der Waals surface area contributed by atoms with Crippen LogP contribution >= 0.6 is 0 Å². The van der Waals surface area contributed by atoms with Crippen molar-refractivity contribution in [2.24, 2.45) is 0 Å². The van der Waals surface area contributed by atoms with E-state index in [4.69, 9.17) is 4.74 Å². The van der Waals surface area contributed by atoms with E-state index >= 15 is 0 Å². The van der Waals surface area contributed by atoms with Crippen molar-refractivity contribution in [3.8, 4) is 0 Å². The molecule has 0 bridgehead atoms. The Labute approximate surface area is 92.0 Å². The molecule has 1 N–H and O–H groups in total. The van der Waals surface area contributed by atoms with Gasteiger partial charge < -0.3 is 10.1 Å². The van der Waals surface area contributed by atoms with Crippen LogP contribution in [-0.4, -0.2) is 50.2 Å². The van der Waals surface area contributed by atoms with Crippen molar-refractivity contribution in [3.63, 3.8) is 0 Å². The number of nitrogens with one attached hydrogen (secondary N) is 1. The maximum absolute atomic E-state index is 11.5. The second kappa shape index (κ2) is 6.80. The zero-order chi connectivity index (χ0) is 11.1. The first-order chi connectivity index (χ1) is 7.24. The minimum Gasteiger partial charge on any atom is -0.383 e. The molecule has 0 aromatic carbocycles. The summed E-state index contributed by atoms with van der Waals surface area (Å²) in [5.41, 5.74) is 0. The molecule has 15 heavy (non-hydrogen) atoms. The Bertz CT molecular complexity index is 197. The summed E-state index contributed by atoms with van der Waals surface area (Å²) in [4.78, 5) is 13.8. The molecule has 0 radical (unpaired) electrons. The minimum atomic E-state index is 0.112. The Morgan fingerprint density at radius 2 is 2.33 bits per heavy atom. The lowest BCUT2D eigenvalue weighted by atomic mass is 10.0. The molecule has 1 aliphatic rings. The number of likely N-dealkylation sites (tertiary alicyclic amines) is 1. The first-order valence-corrected chi connectivity index (χ1v) is 5.73. The van der Waals surface area contributed by atoms with Crippen LogP contribution in [0.15, 0.2) is 0 Å². The average molecular weight is 214 g/mol. The van der Waals surface area contributed by atoms with E-state index in [1.807, 2.05) is 0 Å². The predicted molar refractivity (Wildman–Crippen MR) is 59.8 cm³/mol. The number of rotatable bonds is 5. The highest BCUT2D eigenvalue weighted by atomic mass is 16.5. The topological polar surface area (TPSA) is 41.6 Å². The number of carbonyl (C=O) groups is 1. The highest BCUT2D eigenvalue weighted by Gasteiger charge is 2.19. The van der Waals surface area contributed by atoms with Crippen molar-refractivity contribution < 1.29 is 9.53 Å². The summed E-state index contributed by atoms with van der Waals surface area (Å²) in [5.74, 6) is 0.112. The average Bonchev–Trinajstić information content (AvgIpc) is 2.22. The molecule has 0 aromatic heterocycles. The Morgan fingerprint density at radius 1 is 1.53 bits per heavy atom. The van der Waals surface area contributed by atoms with E-state index in [1.54, 1.807) is 7.11 Å². The lowest BCUT2D eigenvalue weighted by molar-refractivity contribution is -0.123. The molecule has 0 saturated carbocycles. The van der Waals surface area contributed by atoms with Gasteiger partial charge in [-0.25, -0.2) is 0 Å². The number of hydrogen-bond acceptors (Lipinski definition) is 3. The molecule has 1 heterocycles. The Morgan fingerprint density at radius 3 is 3.00 bits per heavy atom. The van der Waals surface area contributed by atoms with Crippen LogP contribution in [0, 0.1) is 0 Å². The lowest BCUT2D eigenvalue weighted by Crippen LogP contribution is -2.44. The molecule has 0 aromatic rings. The maximum atomic E-state index is 11.5. The smallest absolute Gasteiger partial charge is 0.234 e. The number of ether oxygens (including phenoxy) is 1. The van der Waals surface area contributed by atoms with Gasteiger partial charge in [0.05, 0.1) is 13.2 Å². The lowest BCUT2D eigenvalue weighted by Gasteiger charge is -2.32. The van der Waals surface area contributed by atoms with E-state index in [2.05, 4.69) is 17.1 Å². The van der Waals surface area contributed by atoms with Gasteiger partial charge in [0.1, 0.15) is 0 Å². The third-order valence-corrected chi connectivity index (χ3v) is 2.92. The molecular formula is C11H22N2O2. The maximum Gasteiger partial charge on any atom is 0.234 e. The predicted octanol–water partition coefficient (Wildman–Crippen LogP) is 0.623. The first kappa shape index (κ1) is 12.5.